The minimum atomic E-state index is -1.30. The smallest absolute Gasteiger partial charge is 0.323 e. The average Bonchev–Trinajstić information content (AvgIpc) is 2.94. The van der Waals surface area contributed by atoms with Gasteiger partial charge in [-0.3, -0.25) is 9.32 Å². The van der Waals surface area contributed by atoms with Gasteiger partial charge >= 0.3 is 11.9 Å². The number of aliphatic carboxylic acids is 1. The quantitative estimate of drug-likeness (QED) is 0.398. The van der Waals surface area contributed by atoms with Crippen LogP contribution in [0.4, 0.5) is 5.88 Å². The van der Waals surface area contributed by atoms with Gasteiger partial charge in [-0.25, -0.2) is 0 Å². The molecule has 0 aliphatic carbocycles. The Hall–Kier alpha value is -2.94. The first-order chi connectivity index (χ1) is 10.1. The third-order valence-electron chi connectivity index (χ3n) is 2.38. The number of hydrogen-bond acceptors (Lipinski definition) is 7. The van der Waals surface area contributed by atoms with Crippen molar-refractivity contribution in [3.8, 4) is 5.69 Å². The van der Waals surface area contributed by atoms with E-state index in [1.54, 1.807) is 12.1 Å². The van der Waals surface area contributed by atoms with Crippen LogP contribution in [0.3, 0.4) is 0 Å². The Balaban J connectivity index is 2.01. The van der Waals surface area contributed by atoms with Crippen molar-refractivity contribution in [3.05, 3.63) is 36.5 Å². The Morgan fingerprint density at radius 2 is 2.24 bits per heavy atom. The highest BCUT2D eigenvalue weighted by molar-refractivity contribution is 5.74. The number of para-hydroxylation sites is 1. The van der Waals surface area contributed by atoms with Crippen molar-refractivity contribution >= 4 is 17.9 Å². The van der Waals surface area contributed by atoms with Crippen LogP contribution in [0.5, 0.6) is 0 Å². The summed E-state index contributed by atoms with van der Waals surface area (Å²) in [5, 5.41) is 23.6. The van der Waals surface area contributed by atoms with Crippen LogP contribution in [0.15, 0.2) is 46.0 Å². The van der Waals surface area contributed by atoms with Gasteiger partial charge in [0, 0.05) is 18.7 Å². The number of carbonyl (C=O) groups is 1. The summed E-state index contributed by atoms with van der Waals surface area (Å²) >= 11 is 0. The van der Waals surface area contributed by atoms with Crippen molar-refractivity contribution in [2.24, 2.45) is 10.7 Å². The summed E-state index contributed by atoms with van der Waals surface area (Å²) in [7, 11) is 0. The SMILES string of the molecule is N[C@@H](CO/C([O-])=N/c1c[n+](-c2ccccc2)no1)C(=O)O. The maximum atomic E-state index is 11.4. The highest BCUT2D eigenvalue weighted by Gasteiger charge is 2.14. The minimum absolute atomic E-state index is 0.0762. The van der Waals surface area contributed by atoms with Crippen molar-refractivity contribution in [2.75, 3.05) is 6.61 Å². The summed E-state index contributed by atoms with van der Waals surface area (Å²) in [5.41, 5.74) is 5.91. The van der Waals surface area contributed by atoms with Gasteiger partial charge in [0.2, 0.25) is 11.0 Å². The van der Waals surface area contributed by atoms with Crippen molar-refractivity contribution in [1.82, 2.24) is 5.27 Å². The first-order valence-electron chi connectivity index (χ1n) is 5.87. The number of aromatic nitrogens is 2. The molecule has 0 aliphatic rings. The van der Waals surface area contributed by atoms with Gasteiger partial charge in [0.25, 0.3) is 6.20 Å². The first kappa shape index (κ1) is 14.5. The second-order valence-corrected chi connectivity index (χ2v) is 3.95. The van der Waals surface area contributed by atoms with E-state index in [2.05, 4.69) is 15.0 Å². The van der Waals surface area contributed by atoms with Crippen LogP contribution in [0.25, 0.3) is 5.69 Å². The van der Waals surface area contributed by atoms with Crippen molar-refractivity contribution in [2.45, 2.75) is 6.04 Å². The molecule has 3 N–H and O–H groups in total. The Kier molecular flexibility index (Phi) is 4.46. The van der Waals surface area contributed by atoms with E-state index in [9.17, 15) is 9.90 Å². The largest absolute Gasteiger partial charge is 0.598 e. The standard InChI is InChI=1S/C12H12N4O5/c13-9(11(17)18)7-20-12(19)14-10-6-16(15-21-10)8-4-2-1-3-5-8/h1-6,9H,7,13H2,(H-,14,15,17,18,19)/t9-/m0/s1. The van der Waals surface area contributed by atoms with Gasteiger partial charge in [-0.15, -0.1) is 0 Å². The molecule has 0 spiro atoms. The third-order valence-corrected chi connectivity index (χ3v) is 2.38. The Morgan fingerprint density at radius 1 is 1.52 bits per heavy atom. The van der Waals surface area contributed by atoms with E-state index in [0.717, 1.165) is 5.69 Å². The van der Waals surface area contributed by atoms with E-state index in [4.69, 9.17) is 15.4 Å². The Morgan fingerprint density at radius 3 is 2.90 bits per heavy atom. The molecule has 9 heteroatoms. The molecule has 9 nitrogen and oxygen atoms in total. The number of rotatable bonds is 5. The number of nitrogens with zero attached hydrogens (tertiary/aromatic N) is 3. The van der Waals surface area contributed by atoms with E-state index in [0.29, 0.717) is 0 Å². The van der Waals surface area contributed by atoms with E-state index in [1.165, 1.54) is 10.9 Å². The van der Waals surface area contributed by atoms with Crippen molar-refractivity contribution in [1.29, 1.82) is 0 Å². The van der Waals surface area contributed by atoms with Gasteiger partial charge in [0.1, 0.15) is 6.04 Å². The molecule has 1 aromatic carbocycles. The van der Waals surface area contributed by atoms with E-state index in [1.807, 2.05) is 18.2 Å². The molecule has 2 rings (SSSR count). The fraction of sp³-hybridized carbons (Fsp3) is 0.167. The lowest BCUT2D eigenvalue weighted by Crippen LogP contribution is -2.37. The lowest BCUT2D eigenvalue weighted by Gasteiger charge is -2.15. The topological polar surface area (TPSA) is 138 Å². The van der Waals surface area contributed by atoms with E-state index >= 15 is 0 Å². The molecule has 0 saturated heterocycles. The van der Waals surface area contributed by atoms with Gasteiger partial charge in [-0.2, -0.15) is 4.99 Å². The maximum Gasteiger partial charge on any atom is 0.323 e. The number of aliphatic imine (C=N–C) groups is 1. The number of carboxylic acid groups (broad SMARTS) is 1. The molecule has 0 bridgehead atoms. The zero-order valence-electron chi connectivity index (χ0n) is 10.7. The van der Waals surface area contributed by atoms with Crippen LogP contribution in [0, 0.1) is 0 Å². The molecule has 0 aliphatic heterocycles. The summed E-state index contributed by atoms with van der Waals surface area (Å²) in [6, 6.07) is 7.75. The fourth-order valence-corrected chi connectivity index (χ4v) is 1.34. The summed E-state index contributed by atoms with van der Waals surface area (Å²) in [5.74, 6) is -1.35. The molecule has 0 saturated carbocycles. The van der Waals surface area contributed by atoms with Gasteiger partial charge in [0.05, 0.1) is 0 Å². The summed E-state index contributed by atoms with van der Waals surface area (Å²) in [6.07, 6.45) is 0.372. The molecule has 0 radical (unpaired) electrons. The van der Waals surface area contributed by atoms with Crippen LogP contribution >= 0.6 is 0 Å². The zero-order valence-corrected chi connectivity index (χ0v) is 10.7. The molecule has 21 heavy (non-hydrogen) atoms. The van der Waals surface area contributed by atoms with E-state index < -0.39 is 24.7 Å². The first-order valence-corrected chi connectivity index (χ1v) is 5.87. The van der Waals surface area contributed by atoms with E-state index in [-0.39, 0.29) is 5.88 Å². The molecule has 0 unspecified atom stereocenters. The molecule has 1 heterocycles. The highest BCUT2D eigenvalue weighted by Crippen LogP contribution is 2.08. The number of ether oxygens (including phenoxy) is 1. The molecule has 1 atom stereocenters. The zero-order chi connectivity index (χ0) is 15.2. The number of nitrogens with two attached hydrogens (primary N) is 1. The monoisotopic (exact) mass is 292 g/mol. The van der Waals surface area contributed by atoms with Crippen molar-refractivity contribution < 1.29 is 28.9 Å². The average molecular weight is 292 g/mol. The molecular formula is C12H12N4O5. The van der Waals surface area contributed by atoms with Gasteiger partial charge in [-0.1, -0.05) is 18.2 Å². The third kappa shape index (κ3) is 4.01. The molecule has 0 fully saturated rings. The second kappa shape index (κ2) is 6.48. The summed E-state index contributed by atoms with van der Waals surface area (Å²) in [4.78, 5) is 13.9. The summed E-state index contributed by atoms with van der Waals surface area (Å²) < 4.78 is 10.8. The number of carboxylic acids is 1. The van der Waals surface area contributed by atoms with Gasteiger partial charge in [-0.05, 0) is 4.68 Å². The van der Waals surface area contributed by atoms with Gasteiger partial charge < -0.3 is 20.7 Å². The lowest BCUT2D eigenvalue weighted by atomic mass is 10.3. The van der Waals surface area contributed by atoms with Crippen LogP contribution in [0.1, 0.15) is 0 Å². The van der Waals surface area contributed by atoms with Crippen molar-refractivity contribution in [3.63, 3.8) is 0 Å². The normalized spacial score (nSPS) is 12.9. The van der Waals surface area contributed by atoms with Crippen LogP contribution < -0.4 is 15.5 Å². The molecular weight excluding hydrogens is 280 g/mol. The number of benzene rings is 1. The fourth-order valence-electron chi connectivity index (χ4n) is 1.34. The van der Waals surface area contributed by atoms with Crippen LogP contribution in [-0.2, 0) is 9.53 Å². The Labute approximate surface area is 118 Å². The lowest BCUT2D eigenvalue weighted by molar-refractivity contribution is -0.670. The van der Waals surface area contributed by atoms with Crippen LogP contribution in [0.2, 0.25) is 0 Å². The predicted octanol–water partition coefficient (Wildman–Crippen LogP) is -1.27. The molecule has 0 amide bonds. The second-order valence-electron chi connectivity index (χ2n) is 3.95. The molecule has 110 valence electrons. The predicted molar refractivity (Wildman–Crippen MR) is 66.7 cm³/mol. The summed E-state index contributed by atoms with van der Waals surface area (Å²) in [6.45, 7) is -0.482. The van der Waals surface area contributed by atoms with Crippen LogP contribution in [-0.4, -0.2) is 35.1 Å². The Bertz CT molecular complexity index is 640. The number of hydrogen-bond donors (Lipinski definition) is 2. The maximum absolute atomic E-state index is 11.4. The molecule has 1 aromatic heterocycles. The minimum Gasteiger partial charge on any atom is -0.598 e. The highest BCUT2D eigenvalue weighted by atomic mass is 16.6. The van der Waals surface area contributed by atoms with Gasteiger partial charge in [0.15, 0.2) is 6.08 Å². The molecule has 2 aromatic rings.